The molecule has 2 nitrogen and oxygen atoms in total. The van der Waals surface area contributed by atoms with Gasteiger partial charge in [0.05, 0.1) is 7.11 Å². The summed E-state index contributed by atoms with van der Waals surface area (Å²) in [6.07, 6.45) is 0.664. The van der Waals surface area contributed by atoms with Gasteiger partial charge in [-0.25, -0.2) is 4.39 Å². The van der Waals surface area contributed by atoms with E-state index in [2.05, 4.69) is 21.2 Å². The van der Waals surface area contributed by atoms with Gasteiger partial charge >= 0.3 is 0 Å². The average molecular weight is 373 g/mol. The second-order valence-electron chi connectivity index (χ2n) is 4.68. The molecule has 0 bridgehead atoms. The van der Waals surface area contributed by atoms with Crippen molar-refractivity contribution in [2.45, 2.75) is 12.5 Å². The highest BCUT2D eigenvalue weighted by molar-refractivity contribution is 9.10. The van der Waals surface area contributed by atoms with Crippen molar-refractivity contribution in [2.75, 3.05) is 14.2 Å². The maximum absolute atomic E-state index is 13.8. The highest BCUT2D eigenvalue weighted by atomic mass is 79.9. The van der Waals surface area contributed by atoms with Crippen LogP contribution in [0.2, 0.25) is 5.02 Å². The van der Waals surface area contributed by atoms with Gasteiger partial charge in [0, 0.05) is 15.5 Å². The lowest BCUT2D eigenvalue weighted by molar-refractivity contribution is 0.386. The van der Waals surface area contributed by atoms with E-state index in [0.717, 1.165) is 15.6 Å². The lowest BCUT2D eigenvalue weighted by Gasteiger charge is -2.19. The van der Waals surface area contributed by atoms with E-state index in [1.807, 2.05) is 31.3 Å². The summed E-state index contributed by atoms with van der Waals surface area (Å²) in [5.74, 6) is -0.0903. The number of nitrogens with one attached hydrogen (secondary N) is 1. The Morgan fingerprint density at radius 1 is 1.29 bits per heavy atom. The Kier molecular flexibility index (Phi) is 5.62. The first-order valence-corrected chi connectivity index (χ1v) is 7.67. The zero-order valence-electron chi connectivity index (χ0n) is 11.8. The molecule has 0 radical (unpaired) electrons. The number of benzene rings is 2. The predicted octanol–water partition coefficient (Wildman–Crippen LogP) is 4.75. The fourth-order valence-electron chi connectivity index (χ4n) is 2.22. The molecule has 0 saturated heterocycles. The summed E-state index contributed by atoms with van der Waals surface area (Å²) in [7, 11) is 3.34. The highest BCUT2D eigenvalue weighted by Crippen LogP contribution is 2.29. The summed E-state index contributed by atoms with van der Waals surface area (Å²) < 4.78 is 19.6. The van der Waals surface area contributed by atoms with E-state index in [4.69, 9.17) is 16.3 Å². The molecule has 0 fully saturated rings. The number of hydrogen-bond acceptors (Lipinski definition) is 2. The van der Waals surface area contributed by atoms with E-state index < -0.39 is 0 Å². The Hall–Kier alpha value is -1.10. The second kappa shape index (κ2) is 7.25. The molecular weight excluding hydrogens is 357 g/mol. The van der Waals surface area contributed by atoms with E-state index in [9.17, 15) is 4.39 Å². The molecule has 2 aromatic carbocycles. The minimum atomic E-state index is -0.347. The van der Waals surface area contributed by atoms with Gasteiger partial charge in [-0.1, -0.05) is 39.7 Å². The van der Waals surface area contributed by atoms with Crippen LogP contribution in [-0.2, 0) is 6.42 Å². The number of ether oxygens (including phenoxy) is 1. The minimum Gasteiger partial charge on any atom is -0.494 e. The minimum absolute atomic E-state index is 0.0597. The summed E-state index contributed by atoms with van der Waals surface area (Å²) in [4.78, 5) is 0. The SMILES string of the molecule is CNC(Cc1ccc(OC)c(F)c1)c1ccc(Cl)cc1Br. The van der Waals surface area contributed by atoms with Crippen molar-refractivity contribution >= 4 is 27.5 Å². The monoisotopic (exact) mass is 371 g/mol. The smallest absolute Gasteiger partial charge is 0.165 e. The Balaban J connectivity index is 2.24. The molecule has 0 heterocycles. The molecule has 1 N–H and O–H groups in total. The third-order valence-electron chi connectivity index (χ3n) is 3.34. The van der Waals surface area contributed by atoms with Gasteiger partial charge in [-0.3, -0.25) is 0 Å². The molecule has 2 rings (SSSR count). The van der Waals surface area contributed by atoms with Crippen LogP contribution in [0, 0.1) is 5.82 Å². The van der Waals surface area contributed by atoms with Gasteiger partial charge < -0.3 is 10.1 Å². The van der Waals surface area contributed by atoms with Crippen LogP contribution in [0.4, 0.5) is 4.39 Å². The summed E-state index contributed by atoms with van der Waals surface area (Å²) in [5.41, 5.74) is 1.98. The van der Waals surface area contributed by atoms with Crippen molar-refractivity contribution in [3.05, 3.63) is 62.8 Å². The predicted molar refractivity (Wildman–Crippen MR) is 87.6 cm³/mol. The van der Waals surface area contributed by atoms with E-state index in [1.54, 1.807) is 6.07 Å². The van der Waals surface area contributed by atoms with E-state index in [1.165, 1.54) is 13.2 Å². The molecular formula is C16H16BrClFNO. The lowest BCUT2D eigenvalue weighted by Crippen LogP contribution is -2.19. The zero-order valence-corrected chi connectivity index (χ0v) is 14.1. The second-order valence-corrected chi connectivity index (χ2v) is 5.97. The first-order chi connectivity index (χ1) is 10.0. The molecule has 0 saturated carbocycles. The van der Waals surface area contributed by atoms with Crippen LogP contribution in [-0.4, -0.2) is 14.2 Å². The maximum Gasteiger partial charge on any atom is 0.165 e. The molecule has 1 unspecified atom stereocenters. The van der Waals surface area contributed by atoms with Crippen molar-refractivity contribution in [1.29, 1.82) is 0 Å². The number of methoxy groups -OCH3 is 1. The van der Waals surface area contributed by atoms with Crippen molar-refractivity contribution in [2.24, 2.45) is 0 Å². The number of halogens is 3. The van der Waals surface area contributed by atoms with Gasteiger partial charge in [-0.05, 0) is 48.9 Å². The van der Waals surface area contributed by atoms with Crippen LogP contribution in [0.3, 0.4) is 0 Å². The molecule has 112 valence electrons. The van der Waals surface area contributed by atoms with Gasteiger partial charge in [0.1, 0.15) is 0 Å². The molecule has 0 aliphatic heterocycles. The number of hydrogen-bond donors (Lipinski definition) is 1. The van der Waals surface area contributed by atoms with Crippen molar-refractivity contribution in [3.8, 4) is 5.75 Å². The molecule has 0 aliphatic rings. The highest BCUT2D eigenvalue weighted by Gasteiger charge is 2.15. The average Bonchev–Trinajstić information content (AvgIpc) is 2.45. The Bertz CT molecular complexity index is 636. The first-order valence-electron chi connectivity index (χ1n) is 6.49. The summed E-state index contributed by atoms with van der Waals surface area (Å²) >= 11 is 9.49. The van der Waals surface area contributed by atoms with E-state index in [0.29, 0.717) is 11.4 Å². The normalized spacial score (nSPS) is 12.2. The van der Waals surface area contributed by atoms with Crippen molar-refractivity contribution in [1.82, 2.24) is 5.32 Å². The van der Waals surface area contributed by atoms with E-state index >= 15 is 0 Å². The Labute approximate surface area is 137 Å². The molecule has 1 atom stereocenters. The summed E-state index contributed by atoms with van der Waals surface area (Å²) in [5, 5.41) is 3.93. The molecule has 0 aliphatic carbocycles. The Morgan fingerprint density at radius 3 is 2.62 bits per heavy atom. The quantitative estimate of drug-likeness (QED) is 0.817. The molecule has 0 aromatic heterocycles. The zero-order chi connectivity index (χ0) is 15.4. The van der Waals surface area contributed by atoms with Crippen LogP contribution in [0.5, 0.6) is 5.75 Å². The summed E-state index contributed by atoms with van der Waals surface area (Å²) in [6.45, 7) is 0. The van der Waals surface area contributed by atoms with Gasteiger partial charge in [-0.15, -0.1) is 0 Å². The van der Waals surface area contributed by atoms with Crippen LogP contribution in [0.15, 0.2) is 40.9 Å². The standard InChI is InChI=1S/C16H16BrClFNO/c1-20-15(12-5-4-11(18)9-13(12)17)8-10-3-6-16(21-2)14(19)7-10/h3-7,9,15,20H,8H2,1-2H3. The molecule has 21 heavy (non-hydrogen) atoms. The van der Waals surface area contributed by atoms with Crippen LogP contribution < -0.4 is 10.1 Å². The van der Waals surface area contributed by atoms with Gasteiger partial charge in [0.15, 0.2) is 11.6 Å². The van der Waals surface area contributed by atoms with Gasteiger partial charge in [-0.2, -0.15) is 0 Å². The topological polar surface area (TPSA) is 21.3 Å². The van der Waals surface area contributed by atoms with Crippen molar-refractivity contribution < 1.29 is 9.13 Å². The van der Waals surface area contributed by atoms with Crippen LogP contribution in [0.25, 0.3) is 0 Å². The third kappa shape index (κ3) is 3.96. The van der Waals surface area contributed by atoms with E-state index in [-0.39, 0.29) is 17.6 Å². The largest absolute Gasteiger partial charge is 0.494 e. The first kappa shape index (κ1) is 16.3. The fourth-order valence-corrected chi connectivity index (χ4v) is 3.18. The summed E-state index contributed by atoms with van der Waals surface area (Å²) in [6, 6.07) is 10.8. The van der Waals surface area contributed by atoms with Crippen molar-refractivity contribution in [3.63, 3.8) is 0 Å². The fraction of sp³-hybridized carbons (Fsp3) is 0.250. The van der Waals surface area contributed by atoms with Crippen LogP contribution >= 0.6 is 27.5 Å². The van der Waals surface area contributed by atoms with Crippen LogP contribution in [0.1, 0.15) is 17.2 Å². The maximum atomic E-state index is 13.8. The number of rotatable bonds is 5. The Morgan fingerprint density at radius 2 is 2.05 bits per heavy atom. The van der Waals surface area contributed by atoms with Gasteiger partial charge in [0.25, 0.3) is 0 Å². The number of likely N-dealkylation sites (N-methyl/N-ethyl adjacent to an activating group) is 1. The third-order valence-corrected chi connectivity index (χ3v) is 4.26. The molecule has 0 spiro atoms. The lowest BCUT2D eigenvalue weighted by atomic mass is 9.99. The molecule has 2 aromatic rings. The molecule has 5 heteroatoms. The molecule has 0 amide bonds. The van der Waals surface area contributed by atoms with Gasteiger partial charge in [0.2, 0.25) is 0 Å².